The van der Waals surface area contributed by atoms with Gasteiger partial charge in [0.1, 0.15) is 0 Å². The molecule has 1 aliphatic carbocycles. The van der Waals surface area contributed by atoms with Gasteiger partial charge in [-0.3, -0.25) is 4.55 Å². The summed E-state index contributed by atoms with van der Waals surface area (Å²) in [5.41, 5.74) is -0.437. The predicted molar refractivity (Wildman–Crippen MR) is 47.4 cm³/mol. The highest BCUT2D eigenvalue weighted by Crippen LogP contribution is 2.50. The monoisotopic (exact) mass is 209 g/mol. The van der Waals surface area contributed by atoms with Gasteiger partial charge in [-0.1, -0.05) is 0 Å². The zero-order chi connectivity index (χ0) is 8.98. The van der Waals surface area contributed by atoms with E-state index >= 15 is 0 Å². The maximum Gasteiger partial charge on any atom is 0.210 e. The molecular formula is C6H11NO3S2. The Morgan fingerprint density at radius 1 is 1.67 bits per heavy atom. The average molecular weight is 209 g/mol. The Labute approximate surface area is 76.2 Å². The van der Waals surface area contributed by atoms with Crippen LogP contribution in [0.4, 0.5) is 0 Å². The second kappa shape index (κ2) is 2.39. The van der Waals surface area contributed by atoms with Crippen LogP contribution in [0, 0.1) is 0 Å². The molecule has 1 saturated heterocycles. The summed E-state index contributed by atoms with van der Waals surface area (Å²) >= 11 is 4.48. The lowest BCUT2D eigenvalue weighted by molar-refractivity contribution is 0.206. The third kappa shape index (κ3) is 1.10. The molecule has 1 saturated carbocycles. The topological polar surface area (TPSA) is 60.8 Å². The highest BCUT2D eigenvalue weighted by atomic mass is 32.8. The molecule has 1 aliphatic heterocycles. The zero-order valence-corrected chi connectivity index (χ0v) is 8.11. The van der Waals surface area contributed by atoms with E-state index in [1.807, 2.05) is 0 Å². The minimum atomic E-state index is -3.27. The van der Waals surface area contributed by atoms with Crippen molar-refractivity contribution in [2.75, 3.05) is 6.54 Å². The summed E-state index contributed by atoms with van der Waals surface area (Å²) in [6.07, 6.45) is 1.80. The lowest BCUT2D eigenvalue weighted by atomic mass is 10.2. The molecule has 2 N–H and O–H groups in total. The van der Waals surface area contributed by atoms with Gasteiger partial charge in [-0.15, -0.1) is 0 Å². The van der Waals surface area contributed by atoms with Crippen molar-refractivity contribution in [1.82, 2.24) is 4.31 Å². The molecule has 2 rings (SSSR count). The first-order valence-electron chi connectivity index (χ1n) is 3.90. The maximum absolute atomic E-state index is 11.2. The van der Waals surface area contributed by atoms with Crippen LogP contribution in [-0.4, -0.2) is 36.4 Å². The largest absolute Gasteiger partial charge is 0.391 e. The summed E-state index contributed by atoms with van der Waals surface area (Å²) in [6.45, 7) is 0.538. The van der Waals surface area contributed by atoms with Gasteiger partial charge in [0.2, 0.25) is 8.96 Å². The van der Waals surface area contributed by atoms with Crippen molar-refractivity contribution >= 4 is 20.1 Å². The van der Waals surface area contributed by atoms with Crippen molar-refractivity contribution in [3.8, 4) is 0 Å². The van der Waals surface area contributed by atoms with Crippen LogP contribution in [0.25, 0.3) is 0 Å². The van der Waals surface area contributed by atoms with Gasteiger partial charge in [0.05, 0.1) is 11.6 Å². The van der Waals surface area contributed by atoms with Gasteiger partial charge < -0.3 is 5.11 Å². The molecule has 0 aromatic heterocycles. The van der Waals surface area contributed by atoms with E-state index in [1.54, 1.807) is 0 Å². The van der Waals surface area contributed by atoms with E-state index in [4.69, 9.17) is 4.55 Å². The highest BCUT2D eigenvalue weighted by molar-refractivity contribution is 8.28. The summed E-state index contributed by atoms with van der Waals surface area (Å²) < 4.78 is 21.7. The third-order valence-corrected chi connectivity index (χ3v) is 4.40. The van der Waals surface area contributed by atoms with Crippen LogP contribution in [0.5, 0.6) is 0 Å². The van der Waals surface area contributed by atoms with Crippen molar-refractivity contribution in [3.63, 3.8) is 0 Å². The highest BCUT2D eigenvalue weighted by Gasteiger charge is 2.62. The Kier molecular flexibility index (Phi) is 1.76. The van der Waals surface area contributed by atoms with Crippen LogP contribution in [0.2, 0.25) is 0 Å². The quantitative estimate of drug-likeness (QED) is 0.623. The number of rotatable bonds is 1. The second-order valence-electron chi connectivity index (χ2n) is 3.48. The van der Waals surface area contributed by atoms with Crippen molar-refractivity contribution in [2.45, 2.75) is 30.9 Å². The summed E-state index contributed by atoms with van der Waals surface area (Å²) in [7, 11) is -3.27. The van der Waals surface area contributed by atoms with E-state index in [0.717, 1.165) is 12.8 Å². The van der Waals surface area contributed by atoms with Gasteiger partial charge in [-0.2, -0.15) is 4.31 Å². The van der Waals surface area contributed by atoms with Crippen LogP contribution in [0.15, 0.2) is 0 Å². The Morgan fingerprint density at radius 3 is 2.58 bits per heavy atom. The fourth-order valence-electron chi connectivity index (χ4n) is 2.03. The molecule has 4 nitrogen and oxygen atoms in total. The van der Waals surface area contributed by atoms with Crippen LogP contribution in [0.3, 0.4) is 0 Å². The van der Waals surface area contributed by atoms with E-state index in [0.29, 0.717) is 13.0 Å². The summed E-state index contributed by atoms with van der Waals surface area (Å²) in [4.78, 5) is 0. The van der Waals surface area contributed by atoms with Crippen molar-refractivity contribution in [3.05, 3.63) is 0 Å². The molecule has 0 bridgehead atoms. The first-order chi connectivity index (χ1) is 5.47. The fraction of sp³-hybridized carbons (Fsp3) is 1.00. The van der Waals surface area contributed by atoms with Crippen molar-refractivity contribution in [1.29, 1.82) is 0 Å². The average Bonchev–Trinajstić information content (AvgIpc) is 2.44. The van der Waals surface area contributed by atoms with Gasteiger partial charge in [-0.25, -0.2) is 4.21 Å². The van der Waals surface area contributed by atoms with Crippen LogP contribution >= 0.6 is 0 Å². The molecule has 2 aliphatic rings. The molecule has 0 amide bonds. The van der Waals surface area contributed by atoms with Crippen LogP contribution < -0.4 is 0 Å². The smallest absolute Gasteiger partial charge is 0.210 e. The standard InChI is InChI=1S/C6H11NO3S2/c8-5-4-6(5)2-1-3-7(6)12(9,10)11/h5,8H,1-4H2,(H,9,10,11)/t5-,6?/m1/s1. The molecule has 1 spiro atoms. The number of aliphatic hydroxyl groups excluding tert-OH is 1. The normalized spacial score (nSPS) is 46.3. The maximum atomic E-state index is 11.2. The summed E-state index contributed by atoms with van der Waals surface area (Å²) in [6, 6.07) is 0. The lowest BCUT2D eigenvalue weighted by Crippen LogP contribution is -2.38. The molecule has 2 unspecified atom stereocenters. The molecule has 0 aromatic carbocycles. The Hall–Kier alpha value is 0.250. The minimum Gasteiger partial charge on any atom is -0.391 e. The lowest BCUT2D eigenvalue weighted by Gasteiger charge is -2.22. The summed E-state index contributed by atoms with van der Waals surface area (Å²) in [5, 5.41) is 9.33. The fourth-order valence-corrected chi connectivity index (χ4v) is 3.81. The predicted octanol–water partition coefficient (Wildman–Crippen LogP) is -0.280. The zero-order valence-electron chi connectivity index (χ0n) is 6.47. The Morgan fingerprint density at radius 2 is 2.25 bits per heavy atom. The third-order valence-electron chi connectivity index (χ3n) is 2.75. The van der Waals surface area contributed by atoms with Gasteiger partial charge in [-0.05, 0) is 19.3 Å². The van der Waals surface area contributed by atoms with Crippen molar-refractivity contribution in [2.24, 2.45) is 0 Å². The van der Waals surface area contributed by atoms with Crippen LogP contribution in [0.1, 0.15) is 19.3 Å². The Balaban J connectivity index is 2.28. The van der Waals surface area contributed by atoms with Gasteiger partial charge in [0.15, 0.2) is 0 Å². The van der Waals surface area contributed by atoms with E-state index in [2.05, 4.69) is 11.2 Å². The molecular weight excluding hydrogens is 198 g/mol. The molecule has 0 aromatic rings. The second-order valence-corrected chi connectivity index (χ2v) is 6.12. The number of aliphatic hydroxyl groups is 1. The molecule has 12 heavy (non-hydrogen) atoms. The molecule has 2 fully saturated rings. The minimum absolute atomic E-state index is 0.437. The molecule has 0 radical (unpaired) electrons. The number of hydrogen-bond donors (Lipinski definition) is 2. The molecule has 3 atom stereocenters. The first kappa shape index (κ1) is 8.83. The Bertz CT molecular complexity index is 302. The van der Waals surface area contributed by atoms with Gasteiger partial charge >= 0.3 is 0 Å². The number of nitrogens with zero attached hydrogens (tertiary/aromatic N) is 1. The molecule has 6 heteroatoms. The summed E-state index contributed by atoms with van der Waals surface area (Å²) in [5.74, 6) is 0. The van der Waals surface area contributed by atoms with E-state index < -0.39 is 20.6 Å². The van der Waals surface area contributed by atoms with Crippen molar-refractivity contribution < 1.29 is 13.9 Å². The first-order valence-corrected chi connectivity index (χ1v) is 6.30. The molecule has 70 valence electrons. The van der Waals surface area contributed by atoms with E-state index in [-0.39, 0.29) is 0 Å². The van der Waals surface area contributed by atoms with E-state index in [9.17, 15) is 9.32 Å². The van der Waals surface area contributed by atoms with E-state index in [1.165, 1.54) is 4.31 Å². The van der Waals surface area contributed by atoms with Gasteiger partial charge in [0.25, 0.3) is 0 Å². The molecule has 1 heterocycles. The van der Waals surface area contributed by atoms with Crippen LogP contribution in [-0.2, 0) is 20.1 Å². The van der Waals surface area contributed by atoms with Gasteiger partial charge in [0, 0.05) is 17.7 Å². The SMILES string of the molecule is O=S(O)(=S)N1CCCC12C[C@H]2O. The number of hydrogen-bond acceptors (Lipinski definition) is 3.